The smallest absolute Gasteiger partial charge is 0.234 e. The van der Waals surface area contributed by atoms with Gasteiger partial charge in [-0.15, -0.1) is 0 Å². The summed E-state index contributed by atoms with van der Waals surface area (Å²) in [5.41, 5.74) is 0.0440. The van der Waals surface area contributed by atoms with Gasteiger partial charge < -0.3 is 0 Å². The first-order chi connectivity index (χ1) is 4.75. The molecule has 0 fully saturated rings. The Morgan fingerprint density at radius 2 is 2.20 bits per heavy atom. The summed E-state index contributed by atoms with van der Waals surface area (Å²) in [5, 5.41) is 0. The molecule has 0 aliphatic heterocycles. The molecule has 1 aromatic rings. The zero-order valence-electron chi connectivity index (χ0n) is 4.94. The van der Waals surface area contributed by atoms with Crippen molar-refractivity contribution in [3.63, 3.8) is 0 Å². The van der Waals surface area contributed by atoms with Crippen molar-refractivity contribution in [1.29, 1.82) is 0 Å². The number of benzene rings is 1. The van der Waals surface area contributed by atoms with Crippen LogP contribution in [0.25, 0.3) is 4.85 Å². The molecule has 1 nitrogen and oxygen atoms in total. The van der Waals surface area contributed by atoms with E-state index in [1.807, 2.05) is 0 Å². The Hall–Kier alpha value is -0.880. The minimum atomic E-state index is -0.482. The van der Waals surface area contributed by atoms with Crippen LogP contribution in [0.15, 0.2) is 22.7 Å². The average Bonchev–Trinajstić information content (AvgIpc) is 1.88. The molecule has 50 valence electrons. The second-order valence-electron chi connectivity index (χ2n) is 1.68. The monoisotopic (exact) mass is 199 g/mol. The maximum absolute atomic E-state index is 12.6. The number of hydrogen-bond donors (Lipinski definition) is 0. The Bertz CT molecular complexity index is 270. The number of rotatable bonds is 0. The predicted molar refractivity (Wildman–Crippen MR) is 40.4 cm³/mol. The zero-order valence-corrected chi connectivity index (χ0v) is 6.52. The number of nitrogens with zero attached hydrogens (tertiary/aromatic N) is 1. The Labute approximate surface area is 66.4 Å². The summed E-state index contributed by atoms with van der Waals surface area (Å²) in [6, 6.07) is 4.45. The van der Waals surface area contributed by atoms with Gasteiger partial charge in [0.15, 0.2) is 0 Å². The minimum absolute atomic E-state index is 0.0440. The van der Waals surface area contributed by atoms with Crippen molar-refractivity contribution in [3.05, 3.63) is 39.9 Å². The summed E-state index contributed by atoms with van der Waals surface area (Å²) in [6.45, 7) is 6.58. The highest BCUT2D eigenvalue weighted by Crippen LogP contribution is 2.27. The minimum Gasteiger partial charge on any atom is -0.234 e. The van der Waals surface area contributed by atoms with E-state index < -0.39 is 5.82 Å². The molecule has 0 N–H and O–H groups in total. The number of hydrogen-bond acceptors (Lipinski definition) is 0. The van der Waals surface area contributed by atoms with E-state index in [0.717, 1.165) is 0 Å². The molecular formula is C7H3BrFN. The van der Waals surface area contributed by atoms with Crippen LogP contribution in [-0.4, -0.2) is 0 Å². The summed E-state index contributed by atoms with van der Waals surface area (Å²) in [6.07, 6.45) is 0. The quantitative estimate of drug-likeness (QED) is 0.566. The van der Waals surface area contributed by atoms with E-state index in [1.165, 1.54) is 6.07 Å². The van der Waals surface area contributed by atoms with Gasteiger partial charge in [0.2, 0.25) is 5.69 Å². The predicted octanol–water partition coefficient (Wildman–Crippen LogP) is 3.14. The molecule has 0 unspecified atom stereocenters. The lowest BCUT2D eigenvalue weighted by molar-refractivity contribution is 0.633. The normalized spacial score (nSPS) is 8.90. The van der Waals surface area contributed by atoms with Gasteiger partial charge in [0.05, 0.1) is 6.57 Å². The zero-order chi connectivity index (χ0) is 7.56. The molecule has 3 heteroatoms. The van der Waals surface area contributed by atoms with Crippen molar-refractivity contribution in [2.75, 3.05) is 0 Å². The van der Waals surface area contributed by atoms with E-state index in [0.29, 0.717) is 4.47 Å². The molecule has 0 heterocycles. The Kier molecular flexibility index (Phi) is 2.03. The second kappa shape index (κ2) is 2.80. The fraction of sp³-hybridized carbons (Fsp3) is 0. The van der Waals surface area contributed by atoms with Gasteiger partial charge in [-0.25, -0.2) is 9.24 Å². The molecule has 0 aromatic heterocycles. The summed E-state index contributed by atoms with van der Waals surface area (Å²) < 4.78 is 13.1. The van der Waals surface area contributed by atoms with E-state index >= 15 is 0 Å². The standard InChI is InChI=1S/C7H3BrFN/c1-10-7-5(8)3-2-4-6(7)9/h2-4H. The fourth-order valence-electron chi connectivity index (χ4n) is 0.596. The lowest BCUT2D eigenvalue weighted by Gasteiger charge is -1.93. The van der Waals surface area contributed by atoms with Crippen molar-refractivity contribution in [1.82, 2.24) is 0 Å². The van der Waals surface area contributed by atoms with Gasteiger partial charge in [-0.3, -0.25) is 0 Å². The van der Waals surface area contributed by atoms with Gasteiger partial charge in [-0.2, -0.15) is 0 Å². The second-order valence-corrected chi connectivity index (χ2v) is 2.54. The first-order valence-corrected chi connectivity index (χ1v) is 3.36. The van der Waals surface area contributed by atoms with Gasteiger partial charge in [-0.1, -0.05) is 28.1 Å². The largest absolute Gasteiger partial charge is 0.235 e. The topological polar surface area (TPSA) is 4.36 Å². The van der Waals surface area contributed by atoms with Crippen LogP contribution in [0.3, 0.4) is 0 Å². The van der Waals surface area contributed by atoms with Crippen molar-refractivity contribution >= 4 is 21.6 Å². The fourth-order valence-corrected chi connectivity index (χ4v) is 1.03. The molecule has 0 aliphatic rings. The molecule has 0 spiro atoms. The van der Waals surface area contributed by atoms with Gasteiger partial charge in [0, 0.05) is 4.47 Å². The van der Waals surface area contributed by atoms with Gasteiger partial charge in [0.1, 0.15) is 5.82 Å². The SMILES string of the molecule is [C-]#[N+]c1c(F)cccc1Br. The summed E-state index contributed by atoms with van der Waals surface area (Å²) in [5.74, 6) is -0.482. The molecule has 1 rings (SSSR count). The molecule has 0 radical (unpaired) electrons. The van der Waals surface area contributed by atoms with Crippen LogP contribution in [0.5, 0.6) is 0 Å². The molecule has 0 amide bonds. The summed E-state index contributed by atoms with van der Waals surface area (Å²) >= 11 is 3.05. The number of para-hydroxylation sites is 1. The van der Waals surface area contributed by atoms with Crippen LogP contribution in [0, 0.1) is 12.4 Å². The van der Waals surface area contributed by atoms with Crippen molar-refractivity contribution in [2.45, 2.75) is 0 Å². The van der Waals surface area contributed by atoms with Gasteiger partial charge >= 0.3 is 0 Å². The van der Waals surface area contributed by atoms with Gasteiger partial charge in [0.25, 0.3) is 0 Å². The van der Waals surface area contributed by atoms with Crippen molar-refractivity contribution in [2.24, 2.45) is 0 Å². The van der Waals surface area contributed by atoms with Crippen molar-refractivity contribution < 1.29 is 4.39 Å². The van der Waals surface area contributed by atoms with Crippen LogP contribution in [-0.2, 0) is 0 Å². The highest BCUT2D eigenvalue weighted by atomic mass is 79.9. The van der Waals surface area contributed by atoms with E-state index in [1.54, 1.807) is 12.1 Å². The van der Waals surface area contributed by atoms with Gasteiger partial charge in [-0.05, 0) is 6.07 Å². The first kappa shape index (κ1) is 7.23. The van der Waals surface area contributed by atoms with E-state index in [-0.39, 0.29) is 5.69 Å². The van der Waals surface area contributed by atoms with Crippen LogP contribution >= 0.6 is 15.9 Å². The van der Waals surface area contributed by atoms with Crippen LogP contribution in [0.1, 0.15) is 0 Å². The van der Waals surface area contributed by atoms with E-state index in [9.17, 15) is 4.39 Å². The molecule has 0 saturated heterocycles. The van der Waals surface area contributed by atoms with E-state index in [2.05, 4.69) is 20.8 Å². The van der Waals surface area contributed by atoms with Crippen molar-refractivity contribution in [3.8, 4) is 0 Å². The molecular weight excluding hydrogens is 197 g/mol. The van der Waals surface area contributed by atoms with E-state index in [4.69, 9.17) is 6.57 Å². The molecule has 1 aromatic carbocycles. The Morgan fingerprint density at radius 1 is 1.50 bits per heavy atom. The maximum Gasteiger partial charge on any atom is 0.235 e. The highest BCUT2D eigenvalue weighted by Gasteiger charge is 2.03. The third-order valence-electron chi connectivity index (χ3n) is 1.05. The lowest BCUT2D eigenvalue weighted by Crippen LogP contribution is -1.72. The third-order valence-corrected chi connectivity index (χ3v) is 1.69. The summed E-state index contributed by atoms with van der Waals surface area (Å²) in [4.78, 5) is 3.00. The van der Waals surface area contributed by atoms with Crippen LogP contribution < -0.4 is 0 Å². The molecule has 0 saturated carbocycles. The number of halogens is 2. The Balaban J connectivity index is 3.34. The third kappa shape index (κ3) is 1.17. The molecule has 0 atom stereocenters. The summed E-state index contributed by atoms with van der Waals surface area (Å²) in [7, 11) is 0. The maximum atomic E-state index is 12.6. The molecule has 0 aliphatic carbocycles. The lowest BCUT2D eigenvalue weighted by atomic mass is 10.3. The average molecular weight is 200 g/mol. The molecule has 10 heavy (non-hydrogen) atoms. The molecule has 0 bridgehead atoms. The first-order valence-electron chi connectivity index (χ1n) is 2.57. The van der Waals surface area contributed by atoms with Crippen LogP contribution in [0.4, 0.5) is 10.1 Å². The Morgan fingerprint density at radius 3 is 2.60 bits per heavy atom. The van der Waals surface area contributed by atoms with Crippen LogP contribution in [0.2, 0.25) is 0 Å². The highest BCUT2D eigenvalue weighted by molar-refractivity contribution is 9.10.